The molecule has 0 unspecified atom stereocenters. The van der Waals surface area contributed by atoms with Crippen molar-refractivity contribution >= 4 is 34.6 Å². The highest BCUT2D eigenvalue weighted by Crippen LogP contribution is 2.35. The van der Waals surface area contributed by atoms with Crippen LogP contribution in [-0.4, -0.2) is 16.7 Å². The van der Waals surface area contributed by atoms with E-state index in [1.807, 2.05) is 30.3 Å². The number of imide groups is 1. The monoisotopic (exact) mass is 431 g/mol. The lowest BCUT2D eigenvalue weighted by Crippen LogP contribution is -2.30. The normalized spacial score (nSPS) is 15.7. The average molecular weight is 431 g/mol. The van der Waals surface area contributed by atoms with E-state index < -0.39 is 10.8 Å². The summed E-state index contributed by atoms with van der Waals surface area (Å²) in [7, 11) is 0. The van der Waals surface area contributed by atoms with Crippen molar-refractivity contribution in [2.45, 2.75) is 20.0 Å². The summed E-state index contributed by atoms with van der Waals surface area (Å²) in [6.45, 7) is 2.10. The molecule has 1 aliphatic heterocycles. The Hall–Kier alpha value is -4.20. The number of rotatable bonds is 7. The SMILES string of the molecule is C[C@@H]1CC(=O)N(c2ccc(Nc3ccc(OCc4ccccc4)cc3)c([N+](=O)[O-])c2)C1=O. The van der Waals surface area contributed by atoms with Crippen LogP contribution >= 0.6 is 0 Å². The fraction of sp³-hybridized carbons (Fsp3) is 0.167. The predicted molar refractivity (Wildman–Crippen MR) is 120 cm³/mol. The van der Waals surface area contributed by atoms with Crippen molar-refractivity contribution in [1.82, 2.24) is 0 Å². The molecule has 162 valence electrons. The number of amides is 2. The fourth-order valence-electron chi connectivity index (χ4n) is 3.50. The zero-order valence-corrected chi connectivity index (χ0v) is 17.4. The zero-order chi connectivity index (χ0) is 22.7. The van der Waals surface area contributed by atoms with Crippen molar-refractivity contribution in [3.05, 3.63) is 88.5 Å². The topological polar surface area (TPSA) is 102 Å². The van der Waals surface area contributed by atoms with E-state index in [0.29, 0.717) is 18.0 Å². The van der Waals surface area contributed by atoms with Crippen LogP contribution in [0.4, 0.5) is 22.7 Å². The second-order valence-corrected chi connectivity index (χ2v) is 7.55. The molecule has 2 amide bonds. The standard InChI is InChI=1S/C24H21N3O5/c1-16-13-23(28)26(24(16)29)19-9-12-21(22(14-19)27(30)31)25-18-7-10-20(11-8-18)32-15-17-5-3-2-4-6-17/h2-12,14,16,25H,13,15H2,1H3/t16-/m1/s1. The fourth-order valence-corrected chi connectivity index (χ4v) is 3.50. The van der Waals surface area contributed by atoms with Gasteiger partial charge in [0, 0.05) is 24.1 Å². The average Bonchev–Trinajstić information content (AvgIpc) is 3.05. The van der Waals surface area contributed by atoms with Crippen LogP contribution in [-0.2, 0) is 16.2 Å². The maximum Gasteiger partial charge on any atom is 0.294 e. The number of benzene rings is 3. The first kappa shape index (κ1) is 21.0. The Morgan fingerprint density at radius 2 is 1.78 bits per heavy atom. The molecular weight excluding hydrogens is 410 g/mol. The van der Waals surface area contributed by atoms with Crippen LogP contribution in [0.5, 0.6) is 5.75 Å². The molecule has 0 radical (unpaired) electrons. The summed E-state index contributed by atoms with van der Waals surface area (Å²) in [4.78, 5) is 36.5. The first-order valence-electron chi connectivity index (χ1n) is 10.1. The van der Waals surface area contributed by atoms with Gasteiger partial charge < -0.3 is 10.1 Å². The van der Waals surface area contributed by atoms with Crippen LogP contribution in [0.25, 0.3) is 0 Å². The van der Waals surface area contributed by atoms with Gasteiger partial charge in [0.15, 0.2) is 0 Å². The third kappa shape index (κ3) is 4.44. The van der Waals surface area contributed by atoms with Crippen LogP contribution in [0.15, 0.2) is 72.8 Å². The number of nitrogens with zero attached hydrogens (tertiary/aromatic N) is 2. The highest BCUT2D eigenvalue weighted by molar-refractivity contribution is 6.21. The first-order chi connectivity index (χ1) is 15.4. The first-order valence-corrected chi connectivity index (χ1v) is 10.1. The Balaban J connectivity index is 1.49. The molecule has 1 N–H and O–H groups in total. The molecule has 3 aromatic carbocycles. The van der Waals surface area contributed by atoms with Crippen LogP contribution in [0.3, 0.4) is 0 Å². The lowest BCUT2D eigenvalue weighted by Gasteiger charge is -2.16. The zero-order valence-electron chi connectivity index (χ0n) is 17.4. The Labute approximate surface area is 184 Å². The van der Waals surface area contributed by atoms with Gasteiger partial charge >= 0.3 is 0 Å². The quantitative estimate of drug-likeness (QED) is 0.327. The largest absolute Gasteiger partial charge is 0.489 e. The molecular formula is C24H21N3O5. The summed E-state index contributed by atoms with van der Waals surface area (Å²) < 4.78 is 5.76. The maximum atomic E-state index is 12.3. The smallest absolute Gasteiger partial charge is 0.294 e. The third-order valence-corrected chi connectivity index (χ3v) is 5.19. The van der Waals surface area contributed by atoms with Crippen LogP contribution in [0.2, 0.25) is 0 Å². The van der Waals surface area contributed by atoms with Crippen molar-refractivity contribution in [3.8, 4) is 5.75 Å². The minimum Gasteiger partial charge on any atom is -0.489 e. The van der Waals surface area contributed by atoms with Gasteiger partial charge in [-0.15, -0.1) is 0 Å². The van der Waals surface area contributed by atoms with Crippen LogP contribution in [0.1, 0.15) is 18.9 Å². The van der Waals surface area contributed by atoms with E-state index in [-0.39, 0.29) is 35.3 Å². The Morgan fingerprint density at radius 1 is 1.06 bits per heavy atom. The predicted octanol–water partition coefficient (Wildman–Crippen LogP) is 4.82. The molecule has 3 aromatic rings. The van der Waals surface area contributed by atoms with Gasteiger partial charge in [0.2, 0.25) is 11.8 Å². The Kier molecular flexibility index (Phi) is 5.85. The van der Waals surface area contributed by atoms with E-state index in [0.717, 1.165) is 10.5 Å². The van der Waals surface area contributed by atoms with Gasteiger partial charge in [-0.25, -0.2) is 0 Å². The molecule has 0 spiro atoms. The van der Waals surface area contributed by atoms with E-state index >= 15 is 0 Å². The van der Waals surface area contributed by atoms with Gasteiger partial charge in [-0.2, -0.15) is 0 Å². The molecule has 1 atom stereocenters. The van der Waals surface area contributed by atoms with Gasteiger partial charge in [0.1, 0.15) is 18.0 Å². The molecule has 1 saturated heterocycles. The minimum absolute atomic E-state index is 0.103. The number of ether oxygens (including phenoxy) is 1. The van der Waals surface area contributed by atoms with Crippen molar-refractivity contribution < 1.29 is 19.2 Å². The number of nitrogens with one attached hydrogen (secondary N) is 1. The third-order valence-electron chi connectivity index (χ3n) is 5.19. The molecule has 8 nitrogen and oxygen atoms in total. The summed E-state index contributed by atoms with van der Waals surface area (Å²) in [5.74, 6) is -0.467. The summed E-state index contributed by atoms with van der Waals surface area (Å²) >= 11 is 0. The lowest BCUT2D eigenvalue weighted by atomic mass is 10.1. The number of carbonyl (C=O) groups is 2. The van der Waals surface area contributed by atoms with E-state index in [1.54, 1.807) is 31.2 Å². The van der Waals surface area contributed by atoms with Gasteiger partial charge in [-0.05, 0) is 42.0 Å². The second kappa shape index (κ2) is 8.89. The Morgan fingerprint density at radius 3 is 2.41 bits per heavy atom. The number of anilines is 3. The van der Waals surface area contributed by atoms with Crippen molar-refractivity contribution in [2.24, 2.45) is 5.92 Å². The van der Waals surface area contributed by atoms with Gasteiger partial charge in [-0.1, -0.05) is 37.3 Å². The molecule has 0 saturated carbocycles. The number of carbonyl (C=O) groups excluding carboxylic acids is 2. The molecule has 0 aromatic heterocycles. The lowest BCUT2D eigenvalue weighted by molar-refractivity contribution is -0.383. The van der Waals surface area contributed by atoms with Crippen molar-refractivity contribution in [1.29, 1.82) is 0 Å². The minimum atomic E-state index is -0.544. The molecule has 8 heteroatoms. The van der Waals surface area contributed by atoms with Crippen LogP contribution < -0.4 is 15.0 Å². The van der Waals surface area contributed by atoms with Crippen LogP contribution in [0, 0.1) is 16.0 Å². The highest BCUT2D eigenvalue weighted by atomic mass is 16.6. The molecule has 4 rings (SSSR count). The number of nitro groups is 1. The molecule has 0 bridgehead atoms. The van der Waals surface area contributed by atoms with E-state index in [2.05, 4.69) is 5.32 Å². The van der Waals surface area contributed by atoms with Gasteiger partial charge in [0.05, 0.1) is 10.6 Å². The molecule has 1 fully saturated rings. The summed E-state index contributed by atoms with van der Waals surface area (Å²) in [6.07, 6.45) is 0.103. The van der Waals surface area contributed by atoms with Crippen molar-refractivity contribution in [2.75, 3.05) is 10.2 Å². The molecule has 1 heterocycles. The summed E-state index contributed by atoms with van der Waals surface area (Å²) in [5.41, 5.74) is 1.91. The van der Waals surface area contributed by atoms with Crippen molar-refractivity contribution in [3.63, 3.8) is 0 Å². The molecule has 1 aliphatic rings. The number of nitro benzene ring substituents is 1. The highest BCUT2D eigenvalue weighted by Gasteiger charge is 2.37. The summed E-state index contributed by atoms with van der Waals surface area (Å²) in [6, 6.07) is 21.1. The van der Waals surface area contributed by atoms with E-state index in [1.165, 1.54) is 18.2 Å². The molecule has 32 heavy (non-hydrogen) atoms. The van der Waals surface area contributed by atoms with E-state index in [4.69, 9.17) is 4.74 Å². The second-order valence-electron chi connectivity index (χ2n) is 7.55. The Bertz CT molecular complexity index is 1160. The maximum absolute atomic E-state index is 12.3. The number of hydrogen-bond acceptors (Lipinski definition) is 6. The number of hydrogen-bond donors (Lipinski definition) is 1. The van der Waals surface area contributed by atoms with Gasteiger partial charge in [-0.3, -0.25) is 24.6 Å². The van der Waals surface area contributed by atoms with E-state index in [9.17, 15) is 19.7 Å². The molecule has 0 aliphatic carbocycles. The summed E-state index contributed by atoms with van der Waals surface area (Å²) in [5, 5.41) is 14.7. The van der Waals surface area contributed by atoms with Gasteiger partial charge in [0.25, 0.3) is 5.69 Å².